The van der Waals surface area contributed by atoms with E-state index < -0.39 is 5.60 Å². The van der Waals surface area contributed by atoms with E-state index in [9.17, 15) is 4.79 Å². The third-order valence-electron chi connectivity index (χ3n) is 3.58. The second kappa shape index (κ2) is 7.18. The second-order valence-corrected chi connectivity index (χ2v) is 7.10. The molecule has 0 aliphatic heterocycles. The number of alkyl carbamates (subject to hydrolysis) is 1. The van der Waals surface area contributed by atoms with Crippen molar-refractivity contribution in [3.05, 3.63) is 23.5 Å². The SMILES string of the molecule is CC(C)(C)OC(=O)NC1CCC(Nc2cnccc2Cl)CC1. The fraction of sp³-hybridized carbons (Fsp3) is 0.625. The van der Waals surface area contributed by atoms with Gasteiger partial charge in [-0.05, 0) is 52.5 Å². The minimum Gasteiger partial charge on any atom is -0.444 e. The molecular formula is C16H24ClN3O2. The van der Waals surface area contributed by atoms with E-state index in [4.69, 9.17) is 16.3 Å². The van der Waals surface area contributed by atoms with E-state index in [0.717, 1.165) is 31.4 Å². The first-order chi connectivity index (χ1) is 10.3. The van der Waals surface area contributed by atoms with Crippen molar-refractivity contribution in [1.29, 1.82) is 0 Å². The summed E-state index contributed by atoms with van der Waals surface area (Å²) in [6, 6.07) is 2.32. The van der Waals surface area contributed by atoms with E-state index in [0.29, 0.717) is 11.1 Å². The molecule has 122 valence electrons. The highest BCUT2D eigenvalue weighted by Crippen LogP contribution is 2.26. The van der Waals surface area contributed by atoms with Gasteiger partial charge in [0.1, 0.15) is 5.60 Å². The second-order valence-electron chi connectivity index (χ2n) is 6.69. The van der Waals surface area contributed by atoms with Crippen molar-refractivity contribution in [1.82, 2.24) is 10.3 Å². The van der Waals surface area contributed by atoms with Crippen LogP contribution in [0.5, 0.6) is 0 Å². The molecule has 2 N–H and O–H groups in total. The molecule has 1 amide bonds. The molecular weight excluding hydrogens is 302 g/mol. The highest BCUT2D eigenvalue weighted by Gasteiger charge is 2.24. The van der Waals surface area contributed by atoms with E-state index in [1.165, 1.54) is 0 Å². The summed E-state index contributed by atoms with van der Waals surface area (Å²) in [4.78, 5) is 15.8. The fourth-order valence-electron chi connectivity index (χ4n) is 2.56. The Morgan fingerprint density at radius 2 is 1.91 bits per heavy atom. The van der Waals surface area contributed by atoms with E-state index >= 15 is 0 Å². The number of amides is 1. The summed E-state index contributed by atoms with van der Waals surface area (Å²) in [6.07, 6.45) is 6.89. The largest absolute Gasteiger partial charge is 0.444 e. The number of hydrogen-bond acceptors (Lipinski definition) is 4. The van der Waals surface area contributed by atoms with Crippen LogP contribution in [0.4, 0.5) is 10.5 Å². The number of anilines is 1. The quantitative estimate of drug-likeness (QED) is 0.882. The standard InChI is InChI=1S/C16H24ClN3O2/c1-16(2,3)22-15(21)20-12-6-4-11(5-7-12)19-14-10-18-9-8-13(14)17/h8-12,19H,4-7H2,1-3H3,(H,20,21). The van der Waals surface area contributed by atoms with Gasteiger partial charge in [-0.15, -0.1) is 0 Å². The summed E-state index contributed by atoms with van der Waals surface area (Å²) in [6.45, 7) is 5.60. The highest BCUT2D eigenvalue weighted by atomic mass is 35.5. The van der Waals surface area contributed by atoms with Gasteiger partial charge in [-0.25, -0.2) is 4.79 Å². The van der Waals surface area contributed by atoms with Crippen LogP contribution in [0.3, 0.4) is 0 Å². The number of aromatic nitrogens is 1. The molecule has 22 heavy (non-hydrogen) atoms. The molecule has 1 fully saturated rings. The van der Waals surface area contributed by atoms with E-state index in [-0.39, 0.29) is 12.1 Å². The predicted molar refractivity (Wildman–Crippen MR) is 88.3 cm³/mol. The van der Waals surface area contributed by atoms with Gasteiger partial charge >= 0.3 is 6.09 Å². The third kappa shape index (κ3) is 5.37. The Bertz CT molecular complexity index is 508. The zero-order valence-electron chi connectivity index (χ0n) is 13.4. The summed E-state index contributed by atoms with van der Waals surface area (Å²) in [5.41, 5.74) is 0.410. The first kappa shape index (κ1) is 16.9. The number of carbonyl (C=O) groups is 1. The van der Waals surface area contributed by atoms with Gasteiger partial charge in [-0.1, -0.05) is 11.6 Å². The molecule has 6 heteroatoms. The molecule has 0 bridgehead atoms. The zero-order valence-corrected chi connectivity index (χ0v) is 14.1. The Kier molecular flexibility index (Phi) is 5.51. The molecule has 0 saturated heterocycles. The van der Waals surface area contributed by atoms with E-state index in [1.807, 2.05) is 20.8 Å². The van der Waals surface area contributed by atoms with Gasteiger partial charge in [0.15, 0.2) is 0 Å². The van der Waals surface area contributed by atoms with E-state index in [1.54, 1.807) is 18.5 Å². The van der Waals surface area contributed by atoms with Crippen molar-refractivity contribution in [2.24, 2.45) is 0 Å². The number of hydrogen-bond donors (Lipinski definition) is 2. The Morgan fingerprint density at radius 1 is 1.27 bits per heavy atom. The first-order valence-corrected chi connectivity index (χ1v) is 8.07. The number of ether oxygens (including phenoxy) is 1. The molecule has 0 spiro atoms. The summed E-state index contributed by atoms with van der Waals surface area (Å²) in [7, 11) is 0. The number of carbonyl (C=O) groups excluding carboxylic acids is 1. The summed E-state index contributed by atoms with van der Waals surface area (Å²) >= 11 is 6.13. The lowest BCUT2D eigenvalue weighted by Gasteiger charge is -2.31. The van der Waals surface area contributed by atoms with Gasteiger partial charge in [0, 0.05) is 18.3 Å². The maximum atomic E-state index is 11.8. The minimum absolute atomic E-state index is 0.178. The van der Waals surface area contributed by atoms with Crippen LogP contribution < -0.4 is 10.6 Å². The maximum Gasteiger partial charge on any atom is 0.407 e. The van der Waals surface area contributed by atoms with Crippen molar-refractivity contribution < 1.29 is 9.53 Å². The topological polar surface area (TPSA) is 63.2 Å². The lowest BCUT2D eigenvalue weighted by Crippen LogP contribution is -2.42. The molecule has 0 aromatic carbocycles. The predicted octanol–water partition coefficient (Wildman–Crippen LogP) is 3.98. The van der Waals surface area contributed by atoms with Gasteiger partial charge in [0.05, 0.1) is 16.9 Å². The molecule has 1 aliphatic rings. The monoisotopic (exact) mass is 325 g/mol. The van der Waals surface area contributed by atoms with Crippen LogP contribution in [0, 0.1) is 0 Å². The number of nitrogens with one attached hydrogen (secondary N) is 2. The van der Waals surface area contributed by atoms with E-state index in [2.05, 4.69) is 15.6 Å². The summed E-state index contributed by atoms with van der Waals surface area (Å²) < 4.78 is 5.29. The molecule has 1 aliphatic carbocycles. The smallest absolute Gasteiger partial charge is 0.407 e. The maximum absolute atomic E-state index is 11.8. The summed E-state index contributed by atoms with van der Waals surface area (Å²) in [5.74, 6) is 0. The van der Waals surface area contributed by atoms with Crippen molar-refractivity contribution in [3.63, 3.8) is 0 Å². The van der Waals surface area contributed by atoms with Crippen molar-refractivity contribution >= 4 is 23.4 Å². The normalized spacial score (nSPS) is 22.0. The average molecular weight is 326 g/mol. The fourth-order valence-corrected chi connectivity index (χ4v) is 2.72. The molecule has 1 aromatic heterocycles. The van der Waals surface area contributed by atoms with Crippen LogP contribution in [0.25, 0.3) is 0 Å². The third-order valence-corrected chi connectivity index (χ3v) is 3.91. The summed E-state index contributed by atoms with van der Waals surface area (Å²) in [5, 5.41) is 7.05. The van der Waals surface area contributed by atoms with Crippen molar-refractivity contribution in [2.75, 3.05) is 5.32 Å². The highest BCUT2D eigenvalue weighted by molar-refractivity contribution is 6.33. The van der Waals surface area contributed by atoms with Gasteiger partial charge < -0.3 is 15.4 Å². The van der Waals surface area contributed by atoms with Crippen LogP contribution in [0.2, 0.25) is 5.02 Å². The molecule has 0 atom stereocenters. The Hall–Kier alpha value is -1.49. The Morgan fingerprint density at radius 3 is 2.50 bits per heavy atom. The van der Waals surface area contributed by atoms with Crippen LogP contribution >= 0.6 is 11.6 Å². The molecule has 1 saturated carbocycles. The van der Waals surface area contributed by atoms with Crippen molar-refractivity contribution in [2.45, 2.75) is 64.1 Å². The Labute approximate surface area is 136 Å². The average Bonchev–Trinajstić information content (AvgIpc) is 2.41. The molecule has 5 nitrogen and oxygen atoms in total. The minimum atomic E-state index is -0.458. The lowest BCUT2D eigenvalue weighted by atomic mass is 9.91. The molecule has 0 unspecified atom stereocenters. The van der Waals surface area contributed by atoms with Gasteiger partial charge in [0.25, 0.3) is 0 Å². The lowest BCUT2D eigenvalue weighted by molar-refractivity contribution is 0.0492. The molecule has 0 radical (unpaired) electrons. The Balaban J connectivity index is 1.76. The first-order valence-electron chi connectivity index (χ1n) is 7.69. The van der Waals surface area contributed by atoms with Gasteiger partial charge in [-0.2, -0.15) is 0 Å². The van der Waals surface area contributed by atoms with Crippen LogP contribution in [-0.4, -0.2) is 28.8 Å². The molecule has 2 rings (SSSR count). The molecule has 1 heterocycles. The van der Waals surface area contributed by atoms with Crippen LogP contribution in [0.1, 0.15) is 46.5 Å². The molecule has 1 aromatic rings. The van der Waals surface area contributed by atoms with Crippen LogP contribution in [-0.2, 0) is 4.74 Å². The van der Waals surface area contributed by atoms with Gasteiger partial charge in [0.2, 0.25) is 0 Å². The van der Waals surface area contributed by atoms with Crippen LogP contribution in [0.15, 0.2) is 18.5 Å². The number of nitrogens with zero attached hydrogens (tertiary/aromatic N) is 1. The number of halogens is 1. The number of pyridine rings is 1. The zero-order chi connectivity index (χ0) is 16.2. The number of rotatable bonds is 3. The van der Waals surface area contributed by atoms with Crippen molar-refractivity contribution in [3.8, 4) is 0 Å². The van der Waals surface area contributed by atoms with Gasteiger partial charge in [-0.3, -0.25) is 4.98 Å².